The number of hydrogen-bond donors (Lipinski definition) is 0. The number of alkyl halides is 2. The van der Waals surface area contributed by atoms with Crippen LogP contribution in [-0.2, 0) is 0 Å². The van der Waals surface area contributed by atoms with E-state index in [4.69, 9.17) is 5.26 Å². The lowest BCUT2D eigenvalue weighted by Crippen LogP contribution is -2.25. The predicted octanol–water partition coefficient (Wildman–Crippen LogP) is 3.28. The Balaban J connectivity index is 1.94. The van der Waals surface area contributed by atoms with Gasteiger partial charge in [-0.2, -0.15) is 5.26 Å². The van der Waals surface area contributed by atoms with E-state index >= 15 is 0 Å². The van der Waals surface area contributed by atoms with Crippen LogP contribution in [0.2, 0.25) is 0 Å². The molecular weight excluding hydrogens is 234 g/mol. The molecule has 1 aromatic rings. The summed E-state index contributed by atoms with van der Waals surface area (Å²) < 4.78 is 26.6. The highest BCUT2D eigenvalue weighted by atomic mass is 19.3. The Morgan fingerprint density at radius 3 is 2.67 bits per heavy atom. The summed E-state index contributed by atoms with van der Waals surface area (Å²) in [5.74, 6) is -2.11. The summed E-state index contributed by atoms with van der Waals surface area (Å²) in [6, 6.07) is 7.53. The van der Waals surface area contributed by atoms with E-state index in [0.717, 1.165) is 24.1 Å². The zero-order valence-corrected chi connectivity index (χ0v) is 10.00. The van der Waals surface area contributed by atoms with Crippen LogP contribution >= 0.6 is 0 Å². The van der Waals surface area contributed by atoms with Crippen molar-refractivity contribution in [1.82, 2.24) is 0 Å². The Morgan fingerprint density at radius 2 is 2.11 bits per heavy atom. The maximum atomic E-state index is 13.3. The number of nitrogens with zero attached hydrogens (tertiary/aromatic N) is 2. The van der Waals surface area contributed by atoms with Crippen LogP contribution < -0.4 is 4.90 Å². The van der Waals surface area contributed by atoms with Gasteiger partial charge in [0.2, 0.25) is 0 Å². The molecule has 94 valence electrons. The standard InChI is InChI=1S/C14H14F2N2/c15-14(16)5-6-18(9-14)13-4-1-10(8-17)7-12(13)11-2-3-11/h1,4,7,11H,2-3,5-6,9H2. The molecular formula is C14H14F2N2. The molecule has 0 radical (unpaired) electrons. The highest BCUT2D eigenvalue weighted by Gasteiger charge is 2.40. The molecule has 1 heterocycles. The lowest BCUT2D eigenvalue weighted by atomic mass is 10.0. The molecule has 2 fully saturated rings. The highest BCUT2D eigenvalue weighted by Crippen LogP contribution is 2.46. The Kier molecular flexibility index (Phi) is 2.51. The van der Waals surface area contributed by atoms with Crippen molar-refractivity contribution in [3.8, 4) is 6.07 Å². The number of rotatable bonds is 2. The molecule has 0 N–H and O–H groups in total. The fraction of sp³-hybridized carbons (Fsp3) is 0.500. The van der Waals surface area contributed by atoms with Crippen molar-refractivity contribution in [2.75, 3.05) is 18.0 Å². The first-order chi connectivity index (χ1) is 8.59. The molecule has 0 amide bonds. The van der Waals surface area contributed by atoms with Gasteiger partial charge in [-0.05, 0) is 42.5 Å². The average Bonchev–Trinajstić information content (AvgIpc) is 3.13. The van der Waals surface area contributed by atoms with E-state index in [9.17, 15) is 8.78 Å². The SMILES string of the molecule is N#Cc1ccc(N2CCC(F)(F)C2)c(C2CC2)c1. The van der Waals surface area contributed by atoms with E-state index in [0.29, 0.717) is 18.0 Å². The summed E-state index contributed by atoms with van der Waals surface area (Å²) in [5, 5.41) is 8.92. The Morgan fingerprint density at radius 1 is 1.33 bits per heavy atom. The van der Waals surface area contributed by atoms with E-state index in [1.165, 1.54) is 0 Å². The van der Waals surface area contributed by atoms with Crippen molar-refractivity contribution >= 4 is 5.69 Å². The average molecular weight is 248 g/mol. The predicted molar refractivity (Wildman–Crippen MR) is 64.9 cm³/mol. The van der Waals surface area contributed by atoms with E-state index in [1.54, 1.807) is 11.0 Å². The van der Waals surface area contributed by atoms with Gasteiger partial charge in [0.25, 0.3) is 5.92 Å². The van der Waals surface area contributed by atoms with Gasteiger partial charge in [-0.15, -0.1) is 0 Å². The van der Waals surface area contributed by atoms with Crippen LogP contribution in [-0.4, -0.2) is 19.0 Å². The van der Waals surface area contributed by atoms with Crippen LogP contribution in [0.3, 0.4) is 0 Å². The quantitative estimate of drug-likeness (QED) is 0.803. The third-order valence-electron chi connectivity index (χ3n) is 3.68. The maximum absolute atomic E-state index is 13.3. The Bertz CT molecular complexity index is 515. The molecule has 1 aromatic carbocycles. The first-order valence-corrected chi connectivity index (χ1v) is 6.26. The van der Waals surface area contributed by atoms with Gasteiger partial charge in [-0.3, -0.25) is 0 Å². The van der Waals surface area contributed by atoms with E-state index in [1.807, 2.05) is 12.1 Å². The molecule has 0 bridgehead atoms. The first kappa shape index (κ1) is 11.5. The second-order valence-corrected chi connectivity index (χ2v) is 5.19. The van der Waals surface area contributed by atoms with Gasteiger partial charge < -0.3 is 4.90 Å². The van der Waals surface area contributed by atoms with Crippen LogP contribution in [0.1, 0.15) is 36.3 Å². The van der Waals surface area contributed by atoms with Gasteiger partial charge >= 0.3 is 0 Å². The van der Waals surface area contributed by atoms with Gasteiger partial charge in [-0.1, -0.05) is 0 Å². The van der Waals surface area contributed by atoms with Crippen LogP contribution in [0.15, 0.2) is 18.2 Å². The molecule has 1 aliphatic heterocycles. The summed E-state index contributed by atoms with van der Waals surface area (Å²) in [5.41, 5.74) is 2.59. The van der Waals surface area contributed by atoms with Crippen molar-refractivity contribution in [3.05, 3.63) is 29.3 Å². The second kappa shape index (κ2) is 3.94. The van der Waals surface area contributed by atoms with Crippen molar-refractivity contribution in [1.29, 1.82) is 5.26 Å². The van der Waals surface area contributed by atoms with Gasteiger partial charge in [0.05, 0.1) is 18.2 Å². The minimum atomic E-state index is -2.57. The molecule has 0 aromatic heterocycles. The normalized spacial score (nSPS) is 21.9. The van der Waals surface area contributed by atoms with E-state index < -0.39 is 5.92 Å². The van der Waals surface area contributed by atoms with Crippen LogP contribution in [0.5, 0.6) is 0 Å². The Hall–Kier alpha value is -1.63. The minimum Gasteiger partial charge on any atom is -0.365 e. The van der Waals surface area contributed by atoms with Crippen molar-refractivity contribution in [2.24, 2.45) is 0 Å². The summed E-state index contributed by atoms with van der Waals surface area (Å²) >= 11 is 0. The van der Waals surface area contributed by atoms with Gasteiger partial charge in [0, 0.05) is 18.7 Å². The van der Waals surface area contributed by atoms with Crippen LogP contribution in [0.25, 0.3) is 0 Å². The largest absolute Gasteiger partial charge is 0.365 e. The molecule has 4 heteroatoms. The zero-order chi connectivity index (χ0) is 12.8. The fourth-order valence-corrected chi connectivity index (χ4v) is 2.57. The summed E-state index contributed by atoms with van der Waals surface area (Å²) in [7, 11) is 0. The number of anilines is 1. The Labute approximate surface area is 105 Å². The minimum absolute atomic E-state index is 0.0723. The van der Waals surface area contributed by atoms with Crippen molar-refractivity contribution in [2.45, 2.75) is 31.1 Å². The number of hydrogen-bond acceptors (Lipinski definition) is 2. The third-order valence-corrected chi connectivity index (χ3v) is 3.68. The first-order valence-electron chi connectivity index (χ1n) is 6.26. The maximum Gasteiger partial charge on any atom is 0.266 e. The summed E-state index contributed by atoms with van der Waals surface area (Å²) in [6.07, 6.45) is 2.13. The van der Waals surface area contributed by atoms with E-state index in [-0.39, 0.29) is 13.0 Å². The summed E-state index contributed by atoms with van der Waals surface area (Å²) in [6.45, 7) is 0.206. The molecule has 0 spiro atoms. The van der Waals surface area contributed by atoms with Crippen LogP contribution in [0, 0.1) is 11.3 Å². The molecule has 1 saturated carbocycles. The molecule has 0 unspecified atom stereocenters. The van der Waals surface area contributed by atoms with Crippen molar-refractivity contribution < 1.29 is 8.78 Å². The number of halogens is 2. The van der Waals surface area contributed by atoms with Crippen LogP contribution in [0.4, 0.5) is 14.5 Å². The van der Waals surface area contributed by atoms with Crippen molar-refractivity contribution in [3.63, 3.8) is 0 Å². The smallest absolute Gasteiger partial charge is 0.266 e. The molecule has 18 heavy (non-hydrogen) atoms. The van der Waals surface area contributed by atoms with E-state index in [2.05, 4.69) is 6.07 Å². The molecule has 0 atom stereocenters. The molecule has 1 aliphatic carbocycles. The summed E-state index contributed by atoms with van der Waals surface area (Å²) in [4.78, 5) is 1.76. The molecule has 2 nitrogen and oxygen atoms in total. The fourth-order valence-electron chi connectivity index (χ4n) is 2.57. The topological polar surface area (TPSA) is 27.0 Å². The molecule has 3 rings (SSSR count). The zero-order valence-electron chi connectivity index (χ0n) is 10.00. The molecule has 1 saturated heterocycles. The van der Waals surface area contributed by atoms with Gasteiger partial charge in [-0.25, -0.2) is 8.78 Å². The lowest BCUT2D eigenvalue weighted by Gasteiger charge is -2.22. The number of benzene rings is 1. The third kappa shape index (κ3) is 2.05. The number of nitriles is 1. The second-order valence-electron chi connectivity index (χ2n) is 5.19. The molecule has 2 aliphatic rings. The lowest BCUT2D eigenvalue weighted by molar-refractivity contribution is 0.0257. The van der Waals surface area contributed by atoms with Gasteiger partial charge in [0.15, 0.2) is 0 Å². The van der Waals surface area contributed by atoms with Gasteiger partial charge in [0.1, 0.15) is 0 Å². The highest BCUT2D eigenvalue weighted by molar-refractivity contribution is 5.60. The monoisotopic (exact) mass is 248 g/mol.